The van der Waals surface area contributed by atoms with Crippen molar-refractivity contribution in [1.29, 1.82) is 0 Å². The standard InChI is InChI=1S/C11H12BrF2N/c12-8-5-7(6-9(13)11(8)14)10-3-1-2-4-15-10/h5-6,10,15H,1-4H2. The first-order valence-corrected chi connectivity index (χ1v) is 5.85. The van der Waals surface area contributed by atoms with E-state index in [4.69, 9.17) is 0 Å². The number of piperidine rings is 1. The van der Waals surface area contributed by atoms with Crippen molar-refractivity contribution < 1.29 is 8.78 Å². The molecule has 0 saturated carbocycles. The monoisotopic (exact) mass is 275 g/mol. The average molecular weight is 276 g/mol. The maximum absolute atomic E-state index is 13.2. The van der Waals surface area contributed by atoms with E-state index in [0.29, 0.717) is 0 Å². The van der Waals surface area contributed by atoms with Crippen molar-refractivity contribution in [3.8, 4) is 0 Å². The number of halogens is 3. The molecule has 1 unspecified atom stereocenters. The fourth-order valence-corrected chi connectivity index (χ4v) is 2.37. The zero-order valence-electron chi connectivity index (χ0n) is 8.19. The van der Waals surface area contributed by atoms with E-state index in [2.05, 4.69) is 21.2 Å². The van der Waals surface area contributed by atoms with E-state index < -0.39 is 11.6 Å². The van der Waals surface area contributed by atoms with Gasteiger partial charge < -0.3 is 5.32 Å². The van der Waals surface area contributed by atoms with E-state index in [0.717, 1.165) is 31.4 Å². The van der Waals surface area contributed by atoms with E-state index >= 15 is 0 Å². The zero-order valence-corrected chi connectivity index (χ0v) is 9.78. The van der Waals surface area contributed by atoms with Gasteiger partial charge in [-0.25, -0.2) is 8.78 Å². The molecular weight excluding hydrogens is 264 g/mol. The van der Waals surface area contributed by atoms with Gasteiger partial charge in [-0.15, -0.1) is 0 Å². The first kappa shape index (κ1) is 11.0. The summed E-state index contributed by atoms with van der Waals surface area (Å²) in [6.07, 6.45) is 3.27. The predicted molar refractivity (Wildman–Crippen MR) is 58.7 cm³/mol. The Labute approximate surface area is 96.0 Å². The SMILES string of the molecule is Fc1cc(C2CCCCN2)cc(Br)c1F. The molecule has 0 aromatic heterocycles. The second-order valence-electron chi connectivity index (χ2n) is 3.80. The molecule has 2 rings (SSSR count). The third-order valence-corrected chi connectivity index (χ3v) is 3.30. The quantitative estimate of drug-likeness (QED) is 0.773. The molecule has 0 radical (unpaired) electrons. The molecule has 0 amide bonds. The van der Waals surface area contributed by atoms with Gasteiger partial charge in [0.25, 0.3) is 0 Å². The highest BCUT2D eigenvalue weighted by atomic mass is 79.9. The Kier molecular flexibility index (Phi) is 3.36. The summed E-state index contributed by atoms with van der Waals surface area (Å²) in [6.45, 7) is 0.946. The minimum absolute atomic E-state index is 0.158. The number of hydrogen-bond acceptors (Lipinski definition) is 1. The fraction of sp³-hybridized carbons (Fsp3) is 0.455. The normalized spacial score (nSPS) is 21.7. The van der Waals surface area contributed by atoms with Crippen molar-refractivity contribution in [2.75, 3.05) is 6.54 Å². The first-order valence-electron chi connectivity index (χ1n) is 5.06. The van der Waals surface area contributed by atoms with Crippen LogP contribution in [0.25, 0.3) is 0 Å². The van der Waals surface area contributed by atoms with Crippen LogP contribution < -0.4 is 5.32 Å². The summed E-state index contributed by atoms with van der Waals surface area (Å²) < 4.78 is 26.4. The van der Waals surface area contributed by atoms with Crippen LogP contribution in [0.3, 0.4) is 0 Å². The Morgan fingerprint density at radius 3 is 2.67 bits per heavy atom. The topological polar surface area (TPSA) is 12.0 Å². The Morgan fingerprint density at radius 2 is 2.07 bits per heavy atom. The molecule has 0 aliphatic carbocycles. The summed E-state index contributed by atoms with van der Waals surface area (Å²) in [6, 6.07) is 3.09. The largest absolute Gasteiger partial charge is 0.310 e. The molecule has 1 heterocycles. The van der Waals surface area contributed by atoms with Gasteiger partial charge in [-0.05, 0) is 53.0 Å². The van der Waals surface area contributed by atoms with Gasteiger partial charge in [-0.1, -0.05) is 6.42 Å². The van der Waals surface area contributed by atoms with Gasteiger partial charge in [0.15, 0.2) is 11.6 Å². The van der Waals surface area contributed by atoms with Crippen molar-refractivity contribution in [2.24, 2.45) is 0 Å². The maximum atomic E-state index is 13.2. The maximum Gasteiger partial charge on any atom is 0.172 e. The fourth-order valence-electron chi connectivity index (χ4n) is 1.91. The van der Waals surface area contributed by atoms with Gasteiger partial charge in [0, 0.05) is 6.04 Å². The average Bonchev–Trinajstić information content (AvgIpc) is 2.26. The predicted octanol–water partition coefficient (Wildman–Crippen LogP) is 3.54. The molecule has 1 fully saturated rings. The van der Waals surface area contributed by atoms with Crippen LogP contribution >= 0.6 is 15.9 Å². The van der Waals surface area contributed by atoms with Crippen LogP contribution in [0.15, 0.2) is 16.6 Å². The van der Waals surface area contributed by atoms with E-state index in [1.54, 1.807) is 6.07 Å². The van der Waals surface area contributed by atoms with Gasteiger partial charge in [-0.3, -0.25) is 0 Å². The van der Waals surface area contributed by atoms with Crippen LogP contribution in [0.5, 0.6) is 0 Å². The lowest BCUT2D eigenvalue weighted by Crippen LogP contribution is -2.26. The molecule has 82 valence electrons. The van der Waals surface area contributed by atoms with Crippen LogP contribution in [-0.4, -0.2) is 6.54 Å². The molecule has 1 nitrogen and oxygen atoms in total. The molecule has 1 saturated heterocycles. The van der Waals surface area contributed by atoms with Crippen molar-refractivity contribution >= 4 is 15.9 Å². The summed E-state index contributed by atoms with van der Waals surface area (Å²) in [5.74, 6) is -1.60. The molecule has 1 N–H and O–H groups in total. The zero-order chi connectivity index (χ0) is 10.8. The Balaban J connectivity index is 2.27. The smallest absolute Gasteiger partial charge is 0.172 e. The summed E-state index contributed by atoms with van der Waals surface area (Å²) >= 11 is 3.02. The van der Waals surface area contributed by atoms with Gasteiger partial charge >= 0.3 is 0 Å². The van der Waals surface area contributed by atoms with Crippen molar-refractivity contribution in [1.82, 2.24) is 5.32 Å². The van der Waals surface area contributed by atoms with Crippen LogP contribution in [0.2, 0.25) is 0 Å². The third-order valence-electron chi connectivity index (χ3n) is 2.72. The van der Waals surface area contributed by atoms with E-state index in [9.17, 15) is 8.78 Å². The van der Waals surface area contributed by atoms with E-state index in [1.807, 2.05) is 0 Å². The van der Waals surface area contributed by atoms with E-state index in [1.165, 1.54) is 6.07 Å². The van der Waals surface area contributed by atoms with Gasteiger partial charge in [0.2, 0.25) is 0 Å². The van der Waals surface area contributed by atoms with E-state index in [-0.39, 0.29) is 10.5 Å². The lowest BCUT2D eigenvalue weighted by Gasteiger charge is -2.24. The summed E-state index contributed by atoms with van der Waals surface area (Å²) in [7, 11) is 0. The van der Waals surface area contributed by atoms with Crippen LogP contribution in [0, 0.1) is 11.6 Å². The molecule has 4 heteroatoms. The Morgan fingerprint density at radius 1 is 1.27 bits per heavy atom. The lowest BCUT2D eigenvalue weighted by atomic mass is 9.97. The number of rotatable bonds is 1. The summed E-state index contributed by atoms with van der Waals surface area (Å²) in [5.41, 5.74) is 0.820. The van der Waals surface area contributed by atoms with Crippen LogP contribution in [0.1, 0.15) is 30.9 Å². The second-order valence-corrected chi connectivity index (χ2v) is 4.66. The van der Waals surface area contributed by atoms with Gasteiger partial charge in [0.05, 0.1) is 4.47 Å². The van der Waals surface area contributed by atoms with Crippen molar-refractivity contribution in [2.45, 2.75) is 25.3 Å². The van der Waals surface area contributed by atoms with Crippen LogP contribution in [0.4, 0.5) is 8.78 Å². The molecule has 15 heavy (non-hydrogen) atoms. The van der Waals surface area contributed by atoms with Crippen molar-refractivity contribution in [3.05, 3.63) is 33.8 Å². The number of nitrogens with one attached hydrogen (secondary N) is 1. The lowest BCUT2D eigenvalue weighted by molar-refractivity contribution is 0.408. The second kappa shape index (κ2) is 4.58. The highest BCUT2D eigenvalue weighted by molar-refractivity contribution is 9.10. The number of hydrogen-bond donors (Lipinski definition) is 1. The molecule has 0 spiro atoms. The van der Waals surface area contributed by atoms with Crippen LogP contribution in [-0.2, 0) is 0 Å². The van der Waals surface area contributed by atoms with Gasteiger partial charge in [-0.2, -0.15) is 0 Å². The molecule has 1 aromatic carbocycles. The summed E-state index contributed by atoms with van der Waals surface area (Å²) in [4.78, 5) is 0. The minimum atomic E-state index is -0.811. The molecule has 1 atom stereocenters. The highest BCUT2D eigenvalue weighted by Gasteiger charge is 2.17. The summed E-state index contributed by atoms with van der Waals surface area (Å²) in [5, 5.41) is 3.30. The molecule has 0 bridgehead atoms. The Hall–Kier alpha value is -0.480. The molecule has 1 aromatic rings. The Bertz CT molecular complexity index is 339. The number of benzene rings is 1. The van der Waals surface area contributed by atoms with Gasteiger partial charge in [0.1, 0.15) is 0 Å². The van der Waals surface area contributed by atoms with Crippen molar-refractivity contribution in [3.63, 3.8) is 0 Å². The third kappa shape index (κ3) is 2.37. The molecule has 1 aliphatic rings. The molecule has 1 aliphatic heterocycles. The molecular formula is C11H12BrF2N. The minimum Gasteiger partial charge on any atom is -0.310 e. The highest BCUT2D eigenvalue weighted by Crippen LogP contribution is 2.28. The first-order chi connectivity index (χ1) is 7.18.